The van der Waals surface area contributed by atoms with Gasteiger partial charge in [0.05, 0.1) is 5.58 Å². The third kappa shape index (κ3) is 7.57. The van der Waals surface area contributed by atoms with Crippen LogP contribution >= 0.6 is 0 Å². The molecule has 3 nitrogen and oxygen atoms in total. The molecule has 0 fully saturated rings. The fourth-order valence-electron chi connectivity index (χ4n) is 5.70. The van der Waals surface area contributed by atoms with Crippen LogP contribution in [-0.4, -0.2) is 23.2 Å². The van der Waals surface area contributed by atoms with Crippen molar-refractivity contribution in [2.75, 3.05) is 0 Å². The van der Waals surface area contributed by atoms with Crippen LogP contribution in [0.25, 0.3) is 55.6 Å². The van der Waals surface area contributed by atoms with E-state index in [2.05, 4.69) is 69.7 Å². The smallest absolute Gasteiger partial charge is 0 e. The zero-order valence-electron chi connectivity index (χ0n) is 30.6. The van der Waals surface area contributed by atoms with Crippen molar-refractivity contribution >= 4 is 39.6 Å². The summed E-state index contributed by atoms with van der Waals surface area (Å²) < 4.78 is 25.1. The predicted molar refractivity (Wildman–Crippen MR) is 201 cm³/mol. The summed E-state index contributed by atoms with van der Waals surface area (Å²) in [5, 5.41) is 1.97. The van der Waals surface area contributed by atoms with Crippen LogP contribution in [0.3, 0.4) is 0 Å². The van der Waals surface area contributed by atoms with E-state index in [0.717, 1.165) is 61.1 Å². The quantitative estimate of drug-likeness (QED) is 0.123. The van der Waals surface area contributed by atoms with Crippen molar-refractivity contribution in [1.29, 1.82) is 0 Å². The molecular weight excluding hydrogens is 825 g/mol. The van der Waals surface area contributed by atoms with Gasteiger partial charge in [-0.1, -0.05) is 105 Å². The zero-order valence-corrected chi connectivity index (χ0v) is 33.1. The van der Waals surface area contributed by atoms with Crippen LogP contribution in [-0.2, 0) is 20.1 Å². The van der Waals surface area contributed by atoms with E-state index in [9.17, 15) is 0 Å². The third-order valence-corrected chi connectivity index (χ3v) is 12.7. The number of pyridine rings is 2. The molecule has 5 heteroatoms. The summed E-state index contributed by atoms with van der Waals surface area (Å²) in [7, 11) is 0. The number of aromatic nitrogens is 2. The van der Waals surface area contributed by atoms with E-state index in [-0.39, 0.29) is 20.1 Å². The molecule has 0 atom stereocenters. The van der Waals surface area contributed by atoms with E-state index >= 15 is 0 Å². The minimum atomic E-state index is -1.72. The summed E-state index contributed by atoms with van der Waals surface area (Å²) in [4.78, 5) is 9.14. The molecule has 0 unspecified atom stereocenters. The maximum Gasteiger partial charge on any atom is 0 e. The van der Waals surface area contributed by atoms with E-state index in [1.165, 1.54) is 4.40 Å². The first-order chi connectivity index (χ1) is 23.2. The molecule has 0 bridgehead atoms. The topological polar surface area (TPSA) is 38.9 Å². The van der Waals surface area contributed by atoms with Crippen LogP contribution in [0.15, 0.2) is 120 Å². The molecule has 3 aromatic heterocycles. The number of nitrogens with zero attached hydrogens (tertiary/aromatic N) is 2. The van der Waals surface area contributed by atoms with E-state index in [4.69, 9.17) is 7.16 Å². The second-order valence-electron chi connectivity index (χ2n) is 13.3. The molecule has 0 aliphatic rings. The van der Waals surface area contributed by atoms with Crippen LogP contribution in [0.1, 0.15) is 53.4 Å². The van der Waals surface area contributed by atoms with Crippen molar-refractivity contribution in [1.82, 2.24) is 9.97 Å². The zero-order chi connectivity index (χ0) is 35.0. The van der Waals surface area contributed by atoms with E-state index in [1.54, 1.807) is 6.20 Å². The number of hydrogen-bond acceptors (Lipinski definition) is 3. The molecule has 0 amide bonds. The van der Waals surface area contributed by atoms with E-state index in [1.807, 2.05) is 107 Å². The van der Waals surface area contributed by atoms with Crippen LogP contribution in [0, 0.1) is 12.1 Å². The van der Waals surface area contributed by atoms with Crippen molar-refractivity contribution in [3.8, 4) is 33.6 Å². The molecule has 0 saturated carbocycles. The van der Waals surface area contributed by atoms with Gasteiger partial charge in [-0.15, -0.1) is 12.1 Å². The number of rotatable bonds is 6. The van der Waals surface area contributed by atoms with Gasteiger partial charge in [0.1, 0.15) is 5.58 Å². The van der Waals surface area contributed by atoms with Gasteiger partial charge in [-0.2, -0.15) is 0 Å². The molecular formula is C43H42GeIrN2O-2. The van der Waals surface area contributed by atoms with Gasteiger partial charge in [-0.25, -0.2) is 0 Å². The van der Waals surface area contributed by atoms with Gasteiger partial charge >= 0.3 is 99.8 Å². The summed E-state index contributed by atoms with van der Waals surface area (Å²) in [5.74, 6) is 5.59. The second kappa shape index (κ2) is 15.2. The summed E-state index contributed by atoms with van der Waals surface area (Å²) in [6.07, 6.45) is 3.78. The Morgan fingerprint density at radius 2 is 1.52 bits per heavy atom. The SMILES string of the molecule is [2H]C(C)(C)c1ccnc(-c2[c-]cc(-c3ccccc3)c3c2oc2c(C([2H])(C)C)cccc23)c1.[CH3][Ge]([CH3])([CH3])[c]1ccc(-c2[c-]cccc2)nc1.[Ir]. The first-order valence-corrected chi connectivity index (χ1v) is 23.4. The average Bonchev–Trinajstić information content (AvgIpc) is 3.48. The van der Waals surface area contributed by atoms with Gasteiger partial charge in [0.2, 0.25) is 0 Å². The Bertz CT molecular complexity index is 2220. The van der Waals surface area contributed by atoms with Gasteiger partial charge in [-0.05, 0) is 34.5 Å². The molecule has 7 rings (SSSR count). The van der Waals surface area contributed by atoms with Gasteiger partial charge < -0.3 is 9.40 Å². The normalized spacial score (nSPS) is 12.5. The van der Waals surface area contributed by atoms with E-state index in [0.29, 0.717) is 5.58 Å². The fraction of sp³-hybridized carbons (Fsp3) is 0.209. The maximum atomic E-state index is 8.66. The summed E-state index contributed by atoms with van der Waals surface area (Å²) in [6, 6.07) is 41.0. The van der Waals surface area contributed by atoms with Crippen LogP contribution in [0.2, 0.25) is 17.3 Å². The third-order valence-electron chi connectivity index (χ3n) is 8.40. The second-order valence-corrected chi connectivity index (χ2v) is 24.0. The monoisotopic (exact) mass is 871 g/mol. The molecule has 0 saturated heterocycles. The van der Waals surface area contributed by atoms with Crippen molar-refractivity contribution < 1.29 is 27.3 Å². The van der Waals surface area contributed by atoms with Crippen LogP contribution in [0.5, 0.6) is 0 Å². The average molecular weight is 870 g/mol. The molecule has 245 valence electrons. The number of hydrogen-bond donors (Lipinski definition) is 0. The maximum absolute atomic E-state index is 8.66. The molecule has 0 N–H and O–H groups in total. The van der Waals surface area contributed by atoms with Crippen molar-refractivity contribution in [2.45, 2.75) is 56.8 Å². The standard InChI is InChI=1S/C29H26NO.C14H16GeN.Ir/c1-18(2)21-15-16-30-26(17-21)24-14-13-23(20-9-6-5-7-10-20)27-25-12-8-11-22(19(3)4)28(25)31-29(24)27;1-15(2,3)13-9-10-14(16-11-13)12-7-5-4-6-8-12;/h5-13,15-19H,1-4H3;4-7,9-11H,1-3H3;/q2*-1;/i18D,19D;;. The Balaban J connectivity index is 0.000000241. The Morgan fingerprint density at radius 1 is 0.750 bits per heavy atom. The molecule has 7 aromatic rings. The molecule has 3 heterocycles. The van der Waals surface area contributed by atoms with Crippen molar-refractivity contribution in [3.63, 3.8) is 0 Å². The van der Waals surface area contributed by atoms with Gasteiger partial charge in [-0.3, -0.25) is 0 Å². The van der Waals surface area contributed by atoms with Gasteiger partial charge in [0.15, 0.2) is 0 Å². The number of fused-ring (bicyclic) bond motifs is 3. The van der Waals surface area contributed by atoms with Crippen LogP contribution < -0.4 is 4.40 Å². The number of furan rings is 1. The fourth-order valence-corrected chi connectivity index (χ4v) is 7.87. The van der Waals surface area contributed by atoms with Crippen molar-refractivity contribution in [3.05, 3.63) is 139 Å². The Kier molecular flexibility index (Phi) is 10.3. The number of benzene rings is 4. The molecule has 0 spiro atoms. The molecule has 4 aromatic carbocycles. The largest absolute Gasteiger partial charge is 0 e. The minimum Gasteiger partial charge on any atom is 0 e. The van der Waals surface area contributed by atoms with E-state index < -0.39 is 25.1 Å². The Labute approximate surface area is 304 Å². The number of para-hydroxylation sites is 1. The minimum absolute atomic E-state index is 0. The predicted octanol–water partition coefficient (Wildman–Crippen LogP) is 11.5. The Hall–Kier alpha value is -3.83. The molecule has 0 aliphatic heterocycles. The summed E-state index contributed by atoms with van der Waals surface area (Å²) >= 11 is -1.72. The molecule has 1 radical (unpaired) electrons. The van der Waals surface area contributed by atoms with Crippen molar-refractivity contribution in [2.24, 2.45) is 0 Å². The van der Waals surface area contributed by atoms with Gasteiger partial charge in [0.25, 0.3) is 0 Å². The van der Waals surface area contributed by atoms with Gasteiger partial charge in [0, 0.05) is 34.4 Å². The first-order valence-electron chi connectivity index (χ1n) is 17.1. The van der Waals surface area contributed by atoms with Crippen LogP contribution in [0.4, 0.5) is 0 Å². The summed E-state index contributed by atoms with van der Waals surface area (Å²) in [5.41, 5.74) is 8.83. The Morgan fingerprint density at radius 3 is 2.17 bits per heavy atom. The first kappa shape index (κ1) is 32.7. The molecule has 48 heavy (non-hydrogen) atoms. The molecule has 0 aliphatic carbocycles. The summed E-state index contributed by atoms with van der Waals surface area (Å²) in [6.45, 7) is 7.49.